The largest absolute Gasteiger partial charge is 0.480 e. The fourth-order valence-electron chi connectivity index (χ4n) is 2.79. The Bertz CT molecular complexity index is 534. The molecule has 0 aliphatic heterocycles. The van der Waals surface area contributed by atoms with Crippen LogP contribution < -0.4 is 10.6 Å². The monoisotopic (exact) mass is 374 g/mol. The van der Waals surface area contributed by atoms with Gasteiger partial charge in [-0.15, -0.1) is 11.3 Å². The van der Waals surface area contributed by atoms with Crippen molar-refractivity contribution in [3.05, 3.63) is 20.8 Å². The molecule has 1 aliphatic carbocycles. The molecule has 2 atom stereocenters. The van der Waals surface area contributed by atoms with Crippen LogP contribution in [0.1, 0.15) is 37.5 Å². The fourth-order valence-corrected chi connectivity index (χ4v) is 4.18. The summed E-state index contributed by atoms with van der Waals surface area (Å²) in [6.45, 7) is 2.42. The summed E-state index contributed by atoms with van der Waals surface area (Å²) >= 11 is 4.90. The van der Waals surface area contributed by atoms with Gasteiger partial charge in [-0.05, 0) is 40.8 Å². The molecule has 0 bridgehead atoms. The molecule has 1 aromatic rings. The first-order valence-electron chi connectivity index (χ1n) is 6.93. The van der Waals surface area contributed by atoms with Crippen molar-refractivity contribution in [1.29, 1.82) is 0 Å². The van der Waals surface area contributed by atoms with E-state index in [0.717, 1.165) is 22.2 Å². The molecule has 1 fully saturated rings. The highest BCUT2D eigenvalue weighted by atomic mass is 79.9. The number of aliphatic carboxylic acids is 1. The van der Waals surface area contributed by atoms with Crippen LogP contribution in [-0.2, 0) is 11.3 Å². The van der Waals surface area contributed by atoms with Gasteiger partial charge in [0.2, 0.25) is 0 Å². The molecule has 5 nitrogen and oxygen atoms in total. The third-order valence-electron chi connectivity index (χ3n) is 3.80. The molecule has 0 spiro atoms. The number of carbonyl (C=O) groups excluding carboxylic acids is 1. The Labute approximate surface area is 136 Å². The average Bonchev–Trinajstić information content (AvgIpc) is 2.82. The first kappa shape index (κ1) is 16.3. The zero-order valence-electron chi connectivity index (χ0n) is 11.8. The maximum atomic E-state index is 12.0. The van der Waals surface area contributed by atoms with Crippen molar-refractivity contribution in [3.63, 3.8) is 0 Å². The number of amides is 2. The highest BCUT2D eigenvalue weighted by Gasteiger charge is 2.43. The lowest BCUT2D eigenvalue weighted by Crippen LogP contribution is -2.58. The van der Waals surface area contributed by atoms with Crippen LogP contribution in [0.25, 0.3) is 0 Å². The Balaban J connectivity index is 1.94. The second-order valence-electron chi connectivity index (χ2n) is 5.63. The first-order chi connectivity index (χ1) is 9.91. The molecule has 0 aromatic carbocycles. The SMILES string of the molecule is CC1CCCC(NC(=O)NCc2cc(Br)cs2)(C(=O)O)C1. The molecule has 2 rings (SSSR count). The van der Waals surface area contributed by atoms with Crippen molar-refractivity contribution < 1.29 is 14.7 Å². The Hall–Kier alpha value is -1.08. The average molecular weight is 375 g/mol. The third kappa shape index (κ3) is 4.20. The number of carboxylic acid groups (broad SMARTS) is 1. The van der Waals surface area contributed by atoms with Gasteiger partial charge < -0.3 is 15.7 Å². The lowest BCUT2D eigenvalue weighted by atomic mass is 9.76. The summed E-state index contributed by atoms with van der Waals surface area (Å²) in [5, 5.41) is 16.9. The molecule has 1 saturated carbocycles. The van der Waals surface area contributed by atoms with Gasteiger partial charge in [-0.1, -0.05) is 19.8 Å². The van der Waals surface area contributed by atoms with Gasteiger partial charge in [-0.2, -0.15) is 0 Å². The maximum Gasteiger partial charge on any atom is 0.329 e. The molecular formula is C14H19BrN2O3S. The number of thiophene rings is 1. The van der Waals surface area contributed by atoms with Crippen molar-refractivity contribution in [1.82, 2.24) is 10.6 Å². The van der Waals surface area contributed by atoms with Crippen LogP contribution in [0, 0.1) is 5.92 Å². The Kier molecular flexibility index (Phi) is 5.27. The van der Waals surface area contributed by atoms with E-state index in [1.165, 1.54) is 11.3 Å². The quantitative estimate of drug-likeness (QED) is 0.755. The predicted octanol–water partition coefficient (Wildman–Crippen LogP) is 3.34. The molecule has 1 heterocycles. The normalized spacial score (nSPS) is 25.3. The first-order valence-corrected chi connectivity index (χ1v) is 8.61. The van der Waals surface area contributed by atoms with E-state index in [0.29, 0.717) is 25.3 Å². The van der Waals surface area contributed by atoms with E-state index in [9.17, 15) is 14.7 Å². The van der Waals surface area contributed by atoms with Crippen LogP contribution in [0.4, 0.5) is 4.79 Å². The number of urea groups is 1. The van der Waals surface area contributed by atoms with Crippen molar-refractivity contribution in [3.8, 4) is 0 Å². The third-order valence-corrected chi connectivity index (χ3v) is 5.50. The lowest BCUT2D eigenvalue weighted by molar-refractivity contribution is -0.146. The summed E-state index contributed by atoms with van der Waals surface area (Å²) < 4.78 is 0.979. The predicted molar refractivity (Wildman–Crippen MR) is 85.4 cm³/mol. The molecule has 0 saturated heterocycles. The van der Waals surface area contributed by atoms with Crippen molar-refractivity contribution >= 4 is 39.3 Å². The Morgan fingerprint density at radius 2 is 2.33 bits per heavy atom. The van der Waals surface area contributed by atoms with E-state index in [2.05, 4.69) is 26.6 Å². The number of hydrogen-bond acceptors (Lipinski definition) is 3. The fraction of sp³-hybridized carbons (Fsp3) is 0.571. The number of nitrogens with one attached hydrogen (secondary N) is 2. The van der Waals surface area contributed by atoms with Gasteiger partial charge >= 0.3 is 12.0 Å². The zero-order chi connectivity index (χ0) is 15.5. The van der Waals surface area contributed by atoms with Gasteiger partial charge in [0.15, 0.2) is 0 Å². The van der Waals surface area contributed by atoms with Crippen LogP contribution in [0.3, 0.4) is 0 Å². The molecule has 21 heavy (non-hydrogen) atoms. The molecular weight excluding hydrogens is 356 g/mol. The highest BCUT2D eigenvalue weighted by Crippen LogP contribution is 2.32. The van der Waals surface area contributed by atoms with E-state index in [1.807, 2.05) is 18.4 Å². The van der Waals surface area contributed by atoms with E-state index in [-0.39, 0.29) is 0 Å². The standard InChI is InChI=1S/C14H19BrN2O3S/c1-9-3-2-4-14(6-9,12(18)19)17-13(20)16-7-11-5-10(15)8-21-11/h5,8-9H,2-4,6-7H2,1H3,(H,18,19)(H2,16,17,20). The second-order valence-corrected chi connectivity index (χ2v) is 7.54. The van der Waals surface area contributed by atoms with Gasteiger partial charge in [0.25, 0.3) is 0 Å². The minimum atomic E-state index is -1.13. The smallest absolute Gasteiger partial charge is 0.329 e. The maximum absolute atomic E-state index is 12.0. The van der Waals surface area contributed by atoms with E-state index >= 15 is 0 Å². The summed E-state index contributed by atoms with van der Waals surface area (Å²) in [6.07, 6.45) is 2.82. The zero-order valence-corrected chi connectivity index (χ0v) is 14.2. The summed E-state index contributed by atoms with van der Waals surface area (Å²) in [5.74, 6) is -0.633. The van der Waals surface area contributed by atoms with Crippen LogP contribution >= 0.6 is 27.3 Å². The number of halogens is 1. The van der Waals surface area contributed by atoms with E-state index < -0.39 is 17.5 Å². The van der Waals surface area contributed by atoms with Gasteiger partial charge in [-0.25, -0.2) is 9.59 Å². The molecule has 116 valence electrons. The molecule has 7 heteroatoms. The summed E-state index contributed by atoms with van der Waals surface area (Å²) in [6, 6.07) is 1.51. The summed E-state index contributed by atoms with van der Waals surface area (Å²) in [5.41, 5.74) is -1.13. The molecule has 1 aromatic heterocycles. The van der Waals surface area contributed by atoms with Gasteiger partial charge in [0.1, 0.15) is 5.54 Å². The molecule has 0 radical (unpaired) electrons. The number of carboxylic acids is 1. The Morgan fingerprint density at radius 1 is 1.57 bits per heavy atom. The molecule has 2 amide bonds. The van der Waals surface area contributed by atoms with Crippen molar-refractivity contribution in [2.75, 3.05) is 0 Å². The van der Waals surface area contributed by atoms with Crippen LogP contribution in [-0.4, -0.2) is 22.6 Å². The van der Waals surface area contributed by atoms with E-state index in [1.54, 1.807) is 0 Å². The van der Waals surface area contributed by atoms with Gasteiger partial charge in [-0.3, -0.25) is 0 Å². The van der Waals surface area contributed by atoms with Crippen LogP contribution in [0.5, 0.6) is 0 Å². The van der Waals surface area contributed by atoms with Crippen LogP contribution in [0.2, 0.25) is 0 Å². The number of carbonyl (C=O) groups is 2. The highest BCUT2D eigenvalue weighted by molar-refractivity contribution is 9.10. The van der Waals surface area contributed by atoms with E-state index in [4.69, 9.17) is 0 Å². The lowest BCUT2D eigenvalue weighted by Gasteiger charge is -2.36. The second kappa shape index (κ2) is 6.79. The summed E-state index contributed by atoms with van der Waals surface area (Å²) in [7, 11) is 0. The van der Waals surface area contributed by atoms with Gasteiger partial charge in [0, 0.05) is 14.7 Å². The molecule has 3 N–H and O–H groups in total. The number of hydrogen-bond donors (Lipinski definition) is 3. The van der Waals surface area contributed by atoms with Gasteiger partial charge in [0.05, 0.1) is 6.54 Å². The molecule has 2 unspecified atom stereocenters. The Morgan fingerprint density at radius 3 is 2.90 bits per heavy atom. The topological polar surface area (TPSA) is 78.4 Å². The summed E-state index contributed by atoms with van der Waals surface area (Å²) in [4.78, 5) is 24.6. The van der Waals surface area contributed by atoms with Crippen molar-refractivity contribution in [2.24, 2.45) is 5.92 Å². The minimum Gasteiger partial charge on any atom is -0.480 e. The van der Waals surface area contributed by atoms with Crippen LogP contribution in [0.15, 0.2) is 15.9 Å². The minimum absolute atomic E-state index is 0.309. The number of rotatable bonds is 4. The van der Waals surface area contributed by atoms with Crippen molar-refractivity contribution in [2.45, 2.75) is 44.7 Å². The molecule has 1 aliphatic rings.